The quantitative estimate of drug-likeness (QED) is 0.596. The molecule has 12 heteroatoms. The summed E-state index contributed by atoms with van der Waals surface area (Å²) in [4.78, 5) is 48.9. The van der Waals surface area contributed by atoms with Crippen molar-refractivity contribution in [2.24, 2.45) is 5.92 Å². The summed E-state index contributed by atoms with van der Waals surface area (Å²) in [6, 6.07) is 9.16. The van der Waals surface area contributed by atoms with E-state index in [0.717, 1.165) is 17.1 Å². The highest BCUT2D eigenvalue weighted by Gasteiger charge is 2.37. The molecule has 180 valence electrons. The molecule has 1 aliphatic rings. The van der Waals surface area contributed by atoms with Crippen LogP contribution in [0.5, 0.6) is 0 Å². The van der Waals surface area contributed by atoms with Crippen molar-refractivity contribution in [2.75, 3.05) is 18.5 Å². The van der Waals surface area contributed by atoms with Crippen molar-refractivity contribution in [3.8, 4) is 0 Å². The predicted octanol–water partition coefficient (Wildman–Crippen LogP) is 3.34. The van der Waals surface area contributed by atoms with Gasteiger partial charge in [0, 0.05) is 12.0 Å². The van der Waals surface area contributed by atoms with E-state index in [9.17, 15) is 32.3 Å². The molecule has 2 aromatic carbocycles. The number of hydrogen-bond donors (Lipinski definition) is 2. The van der Waals surface area contributed by atoms with E-state index in [-0.39, 0.29) is 23.7 Å². The van der Waals surface area contributed by atoms with Crippen LogP contribution >= 0.6 is 11.6 Å². The third-order valence-corrected chi connectivity index (χ3v) is 5.33. The Morgan fingerprint density at radius 3 is 2.56 bits per heavy atom. The third-order valence-electron chi connectivity index (χ3n) is 5.00. The van der Waals surface area contributed by atoms with Gasteiger partial charge in [0.1, 0.15) is 0 Å². The van der Waals surface area contributed by atoms with E-state index in [0.29, 0.717) is 17.2 Å². The van der Waals surface area contributed by atoms with Crippen LogP contribution in [0.15, 0.2) is 42.5 Å². The van der Waals surface area contributed by atoms with Gasteiger partial charge < -0.3 is 10.1 Å². The molecule has 0 aliphatic carbocycles. The molecule has 1 heterocycles. The van der Waals surface area contributed by atoms with Crippen molar-refractivity contribution in [1.82, 2.24) is 10.4 Å². The number of halogens is 4. The average molecular weight is 498 g/mol. The number of ether oxygens (including phenoxy) is 1. The van der Waals surface area contributed by atoms with Crippen LogP contribution in [0.1, 0.15) is 27.9 Å². The number of esters is 1. The van der Waals surface area contributed by atoms with E-state index in [1.54, 1.807) is 31.2 Å². The van der Waals surface area contributed by atoms with Crippen molar-refractivity contribution >= 4 is 41.0 Å². The van der Waals surface area contributed by atoms with Crippen LogP contribution in [0.3, 0.4) is 0 Å². The lowest BCUT2D eigenvalue weighted by atomic mass is 10.1. The first-order valence-corrected chi connectivity index (χ1v) is 10.3. The Morgan fingerprint density at radius 2 is 1.88 bits per heavy atom. The maximum atomic E-state index is 12.8. The van der Waals surface area contributed by atoms with Crippen LogP contribution in [-0.4, -0.2) is 41.9 Å². The molecule has 0 radical (unpaired) electrons. The summed E-state index contributed by atoms with van der Waals surface area (Å²) in [6.07, 6.45) is -4.87. The van der Waals surface area contributed by atoms with E-state index in [2.05, 4.69) is 10.7 Å². The lowest BCUT2D eigenvalue weighted by Crippen LogP contribution is -2.43. The molecule has 0 saturated carbocycles. The topological polar surface area (TPSA) is 105 Å². The Morgan fingerprint density at radius 1 is 1.18 bits per heavy atom. The van der Waals surface area contributed by atoms with E-state index < -0.39 is 48.0 Å². The van der Waals surface area contributed by atoms with Crippen LogP contribution in [0, 0.1) is 12.8 Å². The van der Waals surface area contributed by atoms with Crippen molar-refractivity contribution < 1.29 is 37.1 Å². The number of nitrogens with one attached hydrogen (secondary N) is 2. The minimum Gasteiger partial charge on any atom is -0.455 e. The highest BCUT2D eigenvalue weighted by molar-refractivity contribution is 6.33. The Bertz CT molecular complexity index is 1140. The zero-order chi connectivity index (χ0) is 25.0. The number of hydrogen-bond acceptors (Lipinski definition) is 5. The summed E-state index contributed by atoms with van der Waals surface area (Å²) < 4.78 is 43.4. The highest BCUT2D eigenvalue weighted by Crippen LogP contribution is 2.33. The number of rotatable bonds is 6. The maximum Gasteiger partial charge on any atom is 0.416 e. The summed E-state index contributed by atoms with van der Waals surface area (Å²) in [5, 5.41) is 3.03. The monoisotopic (exact) mass is 497 g/mol. The second-order valence-electron chi connectivity index (χ2n) is 7.51. The van der Waals surface area contributed by atoms with Crippen molar-refractivity contribution in [2.45, 2.75) is 19.5 Å². The van der Waals surface area contributed by atoms with E-state index in [4.69, 9.17) is 16.3 Å². The Kier molecular flexibility index (Phi) is 7.45. The molecule has 0 bridgehead atoms. The molecule has 3 amide bonds. The van der Waals surface area contributed by atoms with Crippen molar-refractivity contribution in [1.29, 1.82) is 0 Å². The molecule has 0 aromatic heterocycles. The summed E-state index contributed by atoms with van der Waals surface area (Å²) in [7, 11) is 0. The average Bonchev–Trinajstić information content (AvgIpc) is 3.13. The number of alkyl halides is 3. The molecule has 0 spiro atoms. The Hall–Kier alpha value is -3.60. The molecule has 1 aliphatic heterocycles. The summed E-state index contributed by atoms with van der Waals surface area (Å²) in [5.41, 5.74) is 2.21. The molecular weight excluding hydrogens is 479 g/mol. The second kappa shape index (κ2) is 10.1. The van der Waals surface area contributed by atoms with Gasteiger partial charge >= 0.3 is 12.1 Å². The standard InChI is InChI=1S/C22H19ClF3N3O5/c1-12-4-2-3-5-15(12)20(32)28-29-10-13(8-19(29)31)21(33)34-11-18(30)27-17-9-14(22(24,25)26)6-7-16(17)23/h2-7,9,13H,8,10-11H2,1H3,(H,27,30)(H,28,32)/t13-/m0/s1. The number of carbonyl (C=O) groups is 4. The first kappa shape index (κ1) is 25.0. The number of benzene rings is 2. The van der Waals surface area contributed by atoms with Gasteiger partial charge in [0.15, 0.2) is 6.61 Å². The minimum absolute atomic E-state index is 0.130. The fraction of sp³-hybridized carbons (Fsp3) is 0.273. The van der Waals surface area contributed by atoms with Crippen molar-refractivity contribution in [3.05, 3.63) is 64.2 Å². The van der Waals surface area contributed by atoms with Gasteiger partial charge in [-0.1, -0.05) is 29.8 Å². The molecule has 34 heavy (non-hydrogen) atoms. The van der Waals surface area contributed by atoms with E-state index >= 15 is 0 Å². The van der Waals surface area contributed by atoms with Gasteiger partial charge in [-0.3, -0.25) is 29.6 Å². The minimum atomic E-state index is -4.63. The van der Waals surface area contributed by atoms with Crippen LogP contribution in [0.2, 0.25) is 5.02 Å². The summed E-state index contributed by atoms with van der Waals surface area (Å²) in [6.45, 7) is 0.778. The Labute approximate surface area is 197 Å². The van der Waals surface area contributed by atoms with Gasteiger partial charge in [-0.15, -0.1) is 0 Å². The lowest BCUT2D eigenvalue weighted by molar-refractivity contribution is -0.151. The largest absolute Gasteiger partial charge is 0.455 e. The molecule has 8 nitrogen and oxygen atoms in total. The van der Waals surface area contributed by atoms with Gasteiger partial charge in [-0.05, 0) is 36.8 Å². The smallest absolute Gasteiger partial charge is 0.416 e. The van der Waals surface area contributed by atoms with Crippen molar-refractivity contribution in [3.63, 3.8) is 0 Å². The first-order valence-electron chi connectivity index (χ1n) is 9.96. The lowest BCUT2D eigenvalue weighted by Gasteiger charge is -2.18. The van der Waals surface area contributed by atoms with Crippen LogP contribution in [0.4, 0.5) is 18.9 Å². The SMILES string of the molecule is Cc1ccccc1C(=O)NN1C[C@@H](C(=O)OCC(=O)Nc2cc(C(F)(F)F)ccc2Cl)CC1=O. The summed E-state index contributed by atoms with van der Waals surface area (Å²) >= 11 is 5.82. The van der Waals surface area contributed by atoms with Gasteiger partial charge in [0.25, 0.3) is 11.8 Å². The maximum absolute atomic E-state index is 12.8. The summed E-state index contributed by atoms with van der Waals surface area (Å²) in [5.74, 6) is -3.74. The molecule has 1 saturated heterocycles. The number of aryl methyl sites for hydroxylation is 1. The van der Waals surface area contributed by atoms with Gasteiger partial charge in [-0.2, -0.15) is 13.2 Å². The zero-order valence-electron chi connectivity index (χ0n) is 17.7. The number of anilines is 1. The zero-order valence-corrected chi connectivity index (χ0v) is 18.5. The van der Waals surface area contributed by atoms with E-state index in [1.165, 1.54) is 0 Å². The molecule has 2 N–H and O–H groups in total. The molecule has 2 aromatic rings. The van der Waals surface area contributed by atoms with Gasteiger partial charge in [0.2, 0.25) is 5.91 Å². The second-order valence-corrected chi connectivity index (χ2v) is 7.92. The first-order chi connectivity index (χ1) is 16.0. The predicted molar refractivity (Wildman–Crippen MR) is 115 cm³/mol. The van der Waals surface area contributed by atoms with Crippen LogP contribution < -0.4 is 10.7 Å². The molecule has 1 fully saturated rings. The van der Waals surface area contributed by atoms with E-state index in [1.807, 2.05) is 0 Å². The van der Waals surface area contributed by atoms with Crippen LogP contribution in [0.25, 0.3) is 0 Å². The number of hydrazine groups is 1. The molecule has 0 unspecified atom stereocenters. The fourth-order valence-corrected chi connectivity index (χ4v) is 3.39. The van der Waals surface area contributed by atoms with Gasteiger partial charge in [-0.25, -0.2) is 0 Å². The molecular formula is C22H19ClF3N3O5. The third kappa shape index (κ3) is 6.04. The highest BCUT2D eigenvalue weighted by atomic mass is 35.5. The van der Waals surface area contributed by atoms with Gasteiger partial charge in [0.05, 0.1) is 28.7 Å². The number of amides is 3. The molecule has 3 rings (SSSR count). The van der Waals surface area contributed by atoms with Crippen LogP contribution in [-0.2, 0) is 25.3 Å². The number of carbonyl (C=O) groups excluding carboxylic acids is 4. The molecule has 1 atom stereocenters. The number of nitrogens with zero attached hydrogens (tertiary/aromatic N) is 1. The fourth-order valence-electron chi connectivity index (χ4n) is 3.22. The normalized spacial score (nSPS) is 15.7. The Balaban J connectivity index is 1.53.